The van der Waals surface area contributed by atoms with Crippen LogP contribution in [-0.2, 0) is 5.41 Å². The lowest BCUT2D eigenvalue weighted by atomic mass is 9.77. The van der Waals surface area contributed by atoms with Crippen LogP contribution in [-0.4, -0.2) is 0 Å². The number of rotatable bonds is 3. The zero-order chi connectivity index (χ0) is 32.7. The van der Waals surface area contributed by atoms with Crippen LogP contribution in [0.25, 0.3) is 87.6 Å². The Labute approximate surface area is 286 Å². The molecule has 0 spiro atoms. The largest absolute Gasteiger partial charge is 0.0622 e. The van der Waals surface area contributed by atoms with Gasteiger partial charge >= 0.3 is 0 Å². The van der Waals surface area contributed by atoms with Gasteiger partial charge in [0.2, 0.25) is 0 Å². The van der Waals surface area contributed by atoms with Crippen molar-refractivity contribution >= 4 is 43.1 Å². The molecule has 0 aliphatic heterocycles. The van der Waals surface area contributed by atoms with Gasteiger partial charge in [0, 0.05) is 5.41 Å². The molecule has 0 atom stereocenters. The molecule has 0 fully saturated rings. The zero-order valence-corrected chi connectivity index (χ0v) is 27.7. The van der Waals surface area contributed by atoms with Crippen LogP contribution < -0.4 is 0 Å². The van der Waals surface area contributed by atoms with Gasteiger partial charge in [0.1, 0.15) is 0 Å². The molecule has 0 heteroatoms. The molecule has 1 aliphatic carbocycles. The average molecular weight is 623 g/mol. The summed E-state index contributed by atoms with van der Waals surface area (Å²) < 4.78 is 0. The van der Waals surface area contributed by atoms with E-state index in [9.17, 15) is 0 Å². The van der Waals surface area contributed by atoms with E-state index in [0.29, 0.717) is 0 Å². The highest BCUT2D eigenvalue weighted by atomic mass is 14.4. The van der Waals surface area contributed by atoms with Crippen LogP contribution in [0.4, 0.5) is 0 Å². The average Bonchev–Trinajstić information content (AvgIpc) is 3.40. The predicted octanol–water partition coefficient (Wildman–Crippen LogP) is 13.6. The van der Waals surface area contributed by atoms with Crippen molar-refractivity contribution in [1.82, 2.24) is 0 Å². The van der Waals surface area contributed by atoms with Gasteiger partial charge in [-0.1, -0.05) is 172 Å². The molecule has 0 N–H and O–H groups in total. The standard InChI is InChI=1S/C49H34/c1-49(2)47-37-16-7-6-13-31(37)27-28-44(47)43-22-12-21-38(48(43)49)35-25-23-34-30-36(26-24-33(34)29-35)46-41-19-10-8-17-39(41)45(32-14-4-3-5-15-32)40-18-9-11-20-42(40)46/h3-30H,1-2H3. The molecule has 10 rings (SSSR count). The molecule has 0 amide bonds. The molecule has 0 saturated heterocycles. The Morgan fingerprint density at radius 2 is 0.796 bits per heavy atom. The molecule has 230 valence electrons. The predicted molar refractivity (Wildman–Crippen MR) is 210 cm³/mol. The van der Waals surface area contributed by atoms with E-state index in [1.165, 1.54) is 98.7 Å². The summed E-state index contributed by atoms with van der Waals surface area (Å²) in [6.45, 7) is 4.80. The first-order valence-corrected chi connectivity index (χ1v) is 17.3. The van der Waals surface area contributed by atoms with Gasteiger partial charge < -0.3 is 0 Å². The molecule has 9 aromatic rings. The first-order valence-electron chi connectivity index (χ1n) is 17.3. The molecule has 0 saturated carbocycles. The number of fused-ring (bicyclic) bond motifs is 8. The van der Waals surface area contributed by atoms with E-state index >= 15 is 0 Å². The Kier molecular flexibility index (Phi) is 6.02. The summed E-state index contributed by atoms with van der Waals surface area (Å²) in [7, 11) is 0. The summed E-state index contributed by atoms with van der Waals surface area (Å²) in [5, 5.41) is 10.3. The van der Waals surface area contributed by atoms with Crippen LogP contribution in [0, 0.1) is 0 Å². The van der Waals surface area contributed by atoms with Gasteiger partial charge in [-0.15, -0.1) is 0 Å². The number of benzene rings is 9. The molecule has 49 heavy (non-hydrogen) atoms. The molecular weight excluding hydrogens is 589 g/mol. The lowest BCUT2D eigenvalue weighted by Crippen LogP contribution is -2.16. The lowest BCUT2D eigenvalue weighted by molar-refractivity contribution is 0.668. The topological polar surface area (TPSA) is 0 Å². The summed E-state index contributed by atoms with van der Waals surface area (Å²) in [4.78, 5) is 0. The van der Waals surface area contributed by atoms with E-state index in [-0.39, 0.29) is 5.41 Å². The van der Waals surface area contributed by atoms with Gasteiger partial charge in [0.05, 0.1) is 0 Å². The maximum Gasteiger partial charge on any atom is 0.0171 e. The summed E-state index contributed by atoms with van der Waals surface area (Å²) in [5.41, 5.74) is 13.2. The molecule has 0 aromatic heterocycles. The molecule has 0 heterocycles. The van der Waals surface area contributed by atoms with Crippen LogP contribution in [0.1, 0.15) is 25.0 Å². The van der Waals surface area contributed by atoms with Crippen LogP contribution in [0.3, 0.4) is 0 Å². The highest BCUT2D eigenvalue weighted by molar-refractivity contribution is 6.21. The maximum absolute atomic E-state index is 2.40. The Morgan fingerprint density at radius 1 is 0.306 bits per heavy atom. The monoisotopic (exact) mass is 622 g/mol. The highest BCUT2D eigenvalue weighted by Crippen LogP contribution is 2.54. The minimum Gasteiger partial charge on any atom is -0.0622 e. The maximum atomic E-state index is 2.40. The molecule has 0 nitrogen and oxygen atoms in total. The minimum absolute atomic E-state index is 0.116. The van der Waals surface area contributed by atoms with Gasteiger partial charge in [-0.2, -0.15) is 0 Å². The summed E-state index contributed by atoms with van der Waals surface area (Å²) in [6, 6.07) is 63.0. The first-order chi connectivity index (χ1) is 24.1. The summed E-state index contributed by atoms with van der Waals surface area (Å²) >= 11 is 0. The van der Waals surface area contributed by atoms with Crippen molar-refractivity contribution in [2.24, 2.45) is 0 Å². The third-order valence-corrected chi connectivity index (χ3v) is 11.0. The molecular formula is C49H34. The summed E-state index contributed by atoms with van der Waals surface area (Å²) in [6.07, 6.45) is 0. The van der Waals surface area contributed by atoms with Crippen LogP contribution >= 0.6 is 0 Å². The van der Waals surface area contributed by atoms with Crippen molar-refractivity contribution in [3.8, 4) is 44.5 Å². The normalized spacial score (nSPS) is 13.3. The smallest absolute Gasteiger partial charge is 0.0171 e. The van der Waals surface area contributed by atoms with Crippen molar-refractivity contribution in [1.29, 1.82) is 0 Å². The Balaban J connectivity index is 1.13. The second-order valence-corrected chi connectivity index (χ2v) is 14.0. The van der Waals surface area contributed by atoms with Crippen molar-refractivity contribution in [3.05, 3.63) is 181 Å². The van der Waals surface area contributed by atoms with E-state index < -0.39 is 0 Å². The first kappa shape index (κ1) is 28.1. The quantitative estimate of drug-likeness (QED) is 0.172. The third-order valence-electron chi connectivity index (χ3n) is 11.0. The van der Waals surface area contributed by atoms with E-state index in [2.05, 4.69) is 184 Å². The summed E-state index contributed by atoms with van der Waals surface area (Å²) in [5.74, 6) is 0. The molecule has 0 radical (unpaired) electrons. The Bertz CT molecular complexity index is 2720. The number of hydrogen-bond acceptors (Lipinski definition) is 0. The molecule has 0 unspecified atom stereocenters. The van der Waals surface area contributed by atoms with E-state index in [1.54, 1.807) is 0 Å². The SMILES string of the molecule is CC1(C)c2c(-c3ccc4cc(-c5c6ccccc6c(-c6ccccc6)c6ccccc56)ccc4c3)cccc2-c2ccc3ccccc3c21. The van der Waals surface area contributed by atoms with E-state index in [4.69, 9.17) is 0 Å². The Morgan fingerprint density at radius 3 is 1.47 bits per heavy atom. The second kappa shape index (κ2) is 10.5. The lowest BCUT2D eigenvalue weighted by Gasteiger charge is -2.26. The van der Waals surface area contributed by atoms with Gasteiger partial charge in [-0.05, 0) is 111 Å². The van der Waals surface area contributed by atoms with Gasteiger partial charge in [-0.3, -0.25) is 0 Å². The molecule has 0 bridgehead atoms. The van der Waals surface area contributed by atoms with Gasteiger partial charge in [-0.25, -0.2) is 0 Å². The van der Waals surface area contributed by atoms with Crippen LogP contribution in [0.2, 0.25) is 0 Å². The van der Waals surface area contributed by atoms with E-state index in [1.807, 2.05) is 0 Å². The highest BCUT2D eigenvalue weighted by Gasteiger charge is 2.38. The van der Waals surface area contributed by atoms with E-state index in [0.717, 1.165) is 0 Å². The Hall–Kier alpha value is -5.98. The molecule has 1 aliphatic rings. The van der Waals surface area contributed by atoms with Crippen molar-refractivity contribution < 1.29 is 0 Å². The fraction of sp³-hybridized carbons (Fsp3) is 0.0612. The van der Waals surface area contributed by atoms with Gasteiger partial charge in [0.25, 0.3) is 0 Å². The van der Waals surface area contributed by atoms with Crippen molar-refractivity contribution in [3.63, 3.8) is 0 Å². The van der Waals surface area contributed by atoms with Crippen LogP contribution in [0.5, 0.6) is 0 Å². The van der Waals surface area contributed by atoms with Gasteiger partial charge in [0.15, 0.2) is 0 Å². The fourth-order valence-corrected chi connectivity index (χ4v) is 8.91. The molecule has 9 aromatic carbocycles. The zero-order valence-electron chi connectivity index (χ0n) is 27.7. The minimum atomic E-state index is -0.116. The van der Waals surface area contributed by atoms with Crippen molar-refractivity contribution in [2.75, 3.05) is 0 Å². The second-order valence-electron chi connectivity index (χ2n) is 14.0. The third kappa shape index (κ3) is 4.11. The van der Waals surface area contributed by atoms with Crippen LogP contribution in [0.15, 0.2) is 170 Å². The fourth-order valence-electron chi connectivity index (χ4n) is 8.91. The number of hydrogen-bond donors (Lipinski definition) is 0. The van der Waals surface area contributed by atoms with Crippen molar-refractivity contribution in [2.45, 2.75) is 19.3 Å².